The Hall–Kier alpha value is -3.30. The Labute approximate surface area is 320 Å². The van der Waals surface area contributed by atoms with Gasteiger partial charge in [-0.05, 0) is 36.8 Å². The first-order chi connectivity index (χ1) is 25.3. The molecule has 1 fully saturated rings. The second-order valence-corrected chi connectivity index (χ2v) is 15.6. The van der Waals surface area contributed by atoms with Crippen LogP contribution in [0.5, 0.6) is 0 Å². The number of carbonyl (C=O) groups excluding carboxylic acids is 4. The third-order valence-corrected chi connectivity index (χ3v) is 11.1. The highest BCUT2D eigenvalue weighted by Crippen LogP contribution is 2.27. The van der Waals surface area contributed by atoms with E-state index in [1.807, 2.05) is 71.9 Å². The van der Waals surface area contributed by atoms with E-state index in [0.29, 0.717) is 13.0 Å². The van der Waals surface area contributed by atoms with Crippen LogP contribution in [-0.4, -0.2) is 129 Å². The molecule has 3 rings (SSSR count). The van der Waals surface area contributed by atoms with Crippen LogP contribution < -0.4 is 21.3 Å². The van der Waals surface area contributed by atoms with Crippen molar-refractivity contribution < 1.29 is 33.4 Å². The SMILES string of the molecule is CC[C@H](C)C(/C=C/C(=O)NCC1O[C@@H](C(=O)N[C@@H](Cc2ccccc2)C2=NCCS2)[C@@H](OC)[C@@H]1OC)N(C)C(=O)[C@@H](NC(=O)[C@@H](NC)C(C)C)C(C)C. The normalized spacial score (nSPS) is 23.0. The van der Waals surface area contributed by atoms with Gasteiger partial charge in [0, 0.05) is 46.2 Å². The van der Waals surface area contributed by atoms with Gasteiger partial charge >= 0.3 is 0 Å². The lowest BCUT2D eigenvalue weighted by Gasteiger charge is -2.35. The van der Waals surface area contributed by atoms with E-state index >= 15 is 0 Å². The third kappa shape index (κ3) is 12.1. The van der Waals surface area contributed by atoms with Crippen LogP contribution in [0.4, 0.5) is 0 Å². The lowest BCUT2D eigenvalue weighted by Crippen LogP contribution is -2.57. The fourth-order valence-electron chi connectivity index (χ4n) is 6.79. The van der Waals surface area contributed by atoms with Crippen molar-refractivity contribution in [3.05, 3.63) is 48.0 Å². The Morgan fingerprint density at radius 2 is 1.66 bits per heavy atom. The van der Waals surface area contributed by atoms with Gasteiger partial charge in [0.25, 0.3) is 5.91 Å². The molecule has 1 aromatic carbocycles. The minimum Gasteiger partial charge on any atom is -0.376 e. The van der Waals surface area contributed by atoms with Gasteiger partial charge in [0.15, 0.2) is 6.10 Å². The van der Waals surface area contributed by atoms with Gasteiger partial charge in [-0.2, -0.15) is 0 Å². The topological polar surface area (TPSA) is 160 Å². The first kappa shape index (κ1) is 44.1. The zero-order valence-electron chi connectivity index (χ0n) is 33.1. The average Bonchev–Trinajstić information content (AvgIpc) is 3.81. The second kappa shape index (κ2) is 21.6. The number of hydrogen-bond donors (Lipinski definition) is 4. The summed E-state index contributed by atoms with van der Waals surface area (Å²) in [6, 6.07) is 8.04. The Kier molecular flexibility index (Phi) is 17.9. The van der Waals surface area contributed by atoms with Crippen molar-refractivity contribution in [1.29, 1.82) is 0 Å². The molecule has 1 aromatic rings. The van der Waals surface area contributed by atoms with Gasteiger partial charge in [-0.25, -0.2) is 0 Å². The molecular weight excluding hydrogens is 697 g/mol. The summed E-state index contributed by atoms with van der Waals surface area (Å²) in [5.41, 5.74) is 1.08. The Morgan fingerprint density at radius 1 is 1.00 bits per heavy atom. The first-order valence-electron chi connectivity index (χ1n) is 18.7. The van der Waals surface area contributed by atoms with E-state index in [4.69, 9.17) is 14.2 Å². The highest BCUT2D eigenvalue weighted by molar-refractivity contribution is 8.14. The smallest absolute Gasteiger partial charge is 0.252 e. The monoisotopic (exact) mass is 758 g/mol. The molecule has 13 nitrogen and oxygen atoms in total. The Bertz CT molecular complexity index is 1410. The number of aliphatic imine (C=N–C) groups is 1. The number of likely N-dealkylation sites (N-methyl/N-ethyl adjacent to an activating group) is 2. The molecule has 1 saturated heterocycles. The predicted molar refractivity (Wildman–Crippen MR) is 210 cm³/mol. The minimum atomic E-state index is -0.972. The maximum atomic E-state index is 13.8. The number of amides is 4. The van der Waals surface area contributed by atoms with Gasteiger partial charge < -0.3 is 40.4 Å². The first-order valence-corrected chi connectivity index (χ1v) is 19.7. The number of benzene rings is 1. The molecule has 2 aliphatic heterocycles. The van der Waals surface area contributed by atoms with Gasteiger partial charge in [-0.15, -0.1) is 11.8 Å². The van der Waals surface area contributed by atoms with E-state index in [9.17, 15) is 19.2 Å². The van der Waals surface area contributed by atoms with Crippen molar-refractivity contribution in [2.75, 3.05) is 47.2 Å². The molecule has 0 saturated carbocycles. The van der Waals surface area contributed by atoms with Crippen LogP contribution >= 0.6 is 11.8 Å². The van der Waals surface area contributed by atoms with Crippen molar-refractivity contribution in [1.82, 2.24) is 26.2 Å². The highest BCUT2D eigenvalue weighted by Gasteiger charge is 2.49. The molecule has 0 aromatic heterocycles. The number of ether oxygens (including phenoxy) is 3. The summed E-state index contributed by atoms with van der Waals surface area (Å²) in [6.07, 6.45) is 1.52. The van der Waals surface area contributed by atoms with Crippen LogP contribution in [-0.2, 0) is 39.8 Å². The molecule has 4 amide bonds. The van der Waals surface area contributed by atoms with E-state index in [1.165, 1.54) is 20.3 Å². The van der Waals surface area contributed by atoms with Gasteiger partial charge in [0.2, 0.25) is 17.7 Å². The number of carbonyl (C=O) groups is 4. The molecule has 14 heteroatoms. The maximum absolute atomic E-state index is 13.8. The summed E-state index contributed by atoms with van der Waals surface area (Å²) in [6.45, 7) is 12.5. The summed E-state index contributed by atoms with van der Waals surface area (Å²) in [5.74, 6) is -0.410. The van der Waals surface area contributed by atoms with Crippen LogP contribution in [0.1, 0.15) is 53.5 Å². The fourth-order valence-corrected chi connectivity index (χ4v) is 7.71. The van der Waals surface area contributed by atoms with Crippen molar-refractivity contribution in [2.24, 2.45) is 22.7 Å². The molecule has 53 heavy (non-hydrogen) atoms. The summed E-state index contributed by atoms with van der Waals surface area (Å²) >= 11 is 1.64. The number of hydrogen-bond acceptors (Lipinski definition) is 10. The van der Waals surface area contributed by atoms with Gasteiger partial charge in [0.1, 0.15) is 24.4 Å². The highest BCUT2D eigenvalue weighted by atomic mass is 32.2. The van der Waals surface area contributed by atoms with Crippen LogP contribution in [0.2, 0.25) is 0 Å². The Morgan fingerprint density at radius 3 is 2.21 bits per heavy atom. The largest absolute Gasteiger partial charge is 0.376 e. The zero-order chi connectivity index (χ0) is 39.2. The van der Waals surface area contributed by atoms with E-state index in [0.717, 1.165) is 22.8 Å². The molecule has 2 unspecified atom stereocenters. The number of nitrogens with one attached hydrogen (secondary N) is 4. The summed E-state index contributed by atoms with van der Waals surface area (Å²) in [5, 5.41) is 12.9. The molecule has 0 spiro atoms. The molecular formula is C39H62N6O7S. The third-order valence-electron chi connectivity index (χ3n) is 10.1. The number of thioether (sulfide) groups is 1. The quantitative estimate of drug-likeness (QED) is 0.147. The molecule has 0 aliphatic carbocycles. The number of nitrogens with zero attached hydrogens (tertiary/aromatic N) is 2. The summed E-state index contributed by atoms with van der Waals surface area (Å²) < 4.78 is 17.7. The maximum Gasteiger partial charge on any atom is 0.252 e. The summed E-state index contributed by atoms with van der Waals surface area (Å²) in [4.78, 5) is 60.1. The number of rotatable bonds is 20. The van der Waals surface area contributed by atoms with Crippen LogP contribution in [0.25, 0.3) is 0 Å². The molecule has 4 N–H and O–H groups in total. The van der Waals surface area contributed by atoms with Crippen molar-refractivity contribution >= 4 is 40.4 Å². The lowest BCUT2D eigenvalue weighted by molar-refractivity contribution is -0.139. The van der Waals surface area contributed by atoms with E-state index < -0.39 is 42.5 Å². The van der Waals surface area contributed by atoms with Crippen LogP contribution in [0.3, 0.4) is 0 Å². The molecule has 9 atom stereocenters. The molecule has 0 radical (unpaired) electrons. The zero-order valence-corrected chi connectivity index (χ0v) is 33.9. The average molecular weight is 759 g/mol. The van der Waals surface area contributed by atoms with E-state index in [1.54, 1.807) is 36.8 Å². The van der Waals surface area contributed by atoms with Crippen LogP contribution in [0, 0.1) is 17.8 Å². The fraction of sp³-hybridized carbons (Fsp3) is 0.667. The van der Waals surface area contributed by atoms with E-state index in [2.05, 4.69) is 26.3 Å². The molecule has 296 valence electrons. The molecule has 2 heterocycles. The number of methoxy groups -OCH3 is 2. The predicted octanol–water partition coefficient (Wildman–Crippen LogP) is 2.59. The van der Waals surface area contributed by atoms with Gasteiger partial charge in [-0.3, -0.25) is 24.2 Å². The Balaban J connectivity index is 1.68. The van der Waals surface area contributed by atoms with Crippen molar-refractivity contribution in [3.8, 4) is 0 Å². The second-order valence-electron chi connectivity index (χ2n) is 14.5. The lowest BCUT2D eigenvalue weighted by atomic mass is 9.94. The minimum absolute atomic E-state index is 0.0225. The van der Waals surface area contributed by atoms with Gasteiger partial charge in [-0.1, -0.05) is 84.4 Å². The summed E-state index contributed by atoms with van der Waals surface area (Å²) in [7, 11) is 6.46. The van der Waals surface area contributed by atoms with Crippen molar-refractivity contribution in [2.45, 2.75) is 103 Å². The van der Waals surface area contributed by atoms with E-state index in [-0.39, 0.29) is 54.0 Å². The standard InChI is InChI=1S/C39H62N6O7S/c1-11-25(6)28(45(8)39(49)32(24(4)5)44-36(47)31(40-7)23(2)3)17-18-30(46)42-22-29-33(50-9)34(51-10)35(52-29)37(48)43-27(38-41-19-20-53-38)21-26-15-13-12-14-16-26/h12-18,23-25,27-29,31-35,40H,11,19-22H2,1-10H3,(H,42,46)(H,43,48)(H,44,47)/b18-17+/t25-,27-,28?,29?,31-,32-,33+,34-,35+/m0/s1. The van der Waals surface area contributed by atoms with Crippen LogP contribution in [0.15, 0.2) is 47.5 Å². The molecule has 0 bridgehead atoms. The van der Waals surface area contributed by atoms with Crippen molar-refractivity contribution in [3.63, 3.8) is 0 Å². The molecule has 2 aliphatic rings. The van der Waals surface area contributed by atoms with Gasteiger partial charge in [0.05, 0.1) is 23.2 Å².